The quantitative estimate of drug-likeness (QED) is 0.847. The Labute approximate surface area is 136 Å². The third-order valence-corrected chi connectivity index (χ3v) is 5.41. The van der Waals surface area contributed by atoms with Gasteiger partial charge in [0, 0.05) is 24.8 Å². The molecular weight excluding hydrogens is 322 g/mol. The van der Waals surface area contributed by atoms with Crippen molar-refractivity contribution in [1.82, 2.24) is 20.2 Å². The van der Waals surface area contributed by atoms with Gasteiger partial charge < -0.3 is 14.6 Å². The lowest BCUT2D eigenvalue weighted by Gasteiger charge is -2.25. The number of nitrogens with one attached hydrogen (secondary N) is 1. The molecule has 22 heavy (non-hydrogen) atoms. The van der Waals surface area contributed by atoms with Gasteiger partial charge >= 0.3 is 0 Å². The molecule has 118 valence electrons. The van der Waals surface area contributed by atoms with Crippen LogP contribution >= 0.6 is 23.1 Å². The Morgan fingerprint density at radius 3 is 2.91 bits per heavy atom. The van der Waals surface area contributed by atoms with Gasteiger partial charge in [-0.1, -0.05) is 23.1 Å². The van der Waals surface area contributed by atoms with Crippen molar-refractivity contribution < 1.29 is 4.74 Å². The molecule has 2 aromatic heterocycles. The average Bonchev–Trinajstić information content (AvgIpc) is 2.95. The summed E-state index contributed by atoms with van der Waals surface area (Å²) in [6.45, 7) is 6.97. The minimum atomic E-state index is -0.124. The molecule has 0 aromatic carbocycles. The summed E-state index contributed by atoms with van der Waals surface area (Å²) in [7, 11) is 0. The predicted molar refractivity (Wildman–Crippen MR) is 86.8 cm³/mol. The number of ether oxygens (including phenoxy) is 1. The van der Waals surface area contributed by atoms with Crippen LogP contribution in [0.15, 0.2) is 15.2 Å². The number of aromatic nitrogens is 4. The number of hydrogen-bond acceptors (Lipinski definition) is 8. The van der Waals surface area contributed by atoms with Crippen LogP contribution < -0.4 is 10.5 Å². The number of morpholine rings is 1. The lowest BCUT2D eigenvalue weighted by Crippen LogP contribution is -2.36. The molecule has 2 aromatic rings. The number of rotatable bonds is 4. The van der Waals surface area contributed by atoms with Crippen LogP contribution in [0.5, 0.6) is 0 Å². The van der Waals surface area contributed by atoms with Crippen LogP contribution in [-0.2, 0) is 4.74 Å². The van der Waals surface area contributed by atoms with E-state index in [9.17, 15) is 4.79 Å². The van der Waals surface area contributed by atoms with Gasteiger partial charge in [-0.3, -0.25) is 4.79 Å². The Kier molecular flexibility index (Phi) is 4.74. The van der Waals surface area contributed by atoms with Gasteiger partial charge in [0.05, 0.1) is 18.5 Å². The van der Waals surface area contributed by atoms with Gasteiger partial charge in [0.25, 0.3) is 5.56 Å². The third-order valence-electron chi connectivity index (χ3n) is 3.23. The summed E-state index contributed by atoms with van der Waals surface area (Å²) in [6.07, 6.45) is 0. The van der Waals surface area contributed by atoms with E-state index < -0.39 is 0 Å². The number of anilines is 1. The second-order valence-electron chi connectivity index (χ2n) is 4.98. The molecule has 0 saturated carbocycles. The van der Waals surface area contributed by atoms with Crippen molar-refractivity contribution in [2.24, 2.45) is 0 Å². The fourth-order valence-corrected chi connectivity index (χ4v) is 4.23. The fraction of sp³-hybridized carbons (Fsp3) is 0.538. The van der Waals surface area contributed by atoms with Crippen molar-refractivity contribution in [2.75, 3.05) is 31.2 Å². The van der Waals surface area contributed by atoms with Gasteiger partial charge in [-0.05, 0) is 13.8 Å². The van der Waals surface area contributed by atoms with Crippen LogP contribution in [0.25, 0.3) is 0 Å². The highest BCUT2D eigenvalue weighted by Crippen LogP contribution is 2.36. The molecule has 1 fully saturated rings. The standard InChI is InChI=1S/C13H17N5O2S2/c1-8-7-10(19)15-11(14-8)9(2)21-13-17-16-12(22-13)18-3-5-20-6-4-18/h7,9H,3-6H2,1-2H3,(H,14,15,19)/t9-/m0/s1. The van der Waals surface area contributed by atoms with Crippen LogP contribution in [0, 0.1) is 6.92 Å². The molecule has 1 aliphatic rings. The second kappa shape index (κ2) is 6.76. The molecule has 0 unspecified atom stereocenters. The Balaban J connectivity index is 1.70. The lowest BCUT2D eigenvalue weighted by atomic mass is 10.4. The van der Waals surface area contributed by atoms with E-state index in [4.69, 9.17) is 4.74 Å². The first-order chi connectivity index (χ1) is 10.6. The Hall–Kier alpha value is -1.45. The minimum absolute atomic E-state index is 0.0121. The van der Waals surface area contributed by atoms with Crippen LogP contribution in [-0.4, -0.2) is 46.5 Å². The number of H-pyrrole nitrogens is 1. The van der Waals surface area contributed by atoms with Crippen LogP contribution in [0.4, 0.5) is 5.13 Å². The molecule has 7 nitrogen and oxygen atoms in total. The van der Waals surface area contributed by atoms with E-state index in [1.54, 1.807) is 23.1 Å². The molecule has 1 aliphatic heterocycles. The molecule has 0 bridgehead atoms. The summed E-state index contributed by atoms with van der Waals surface area (Å²) in [4.78, 5) is 20.9. The number of nitrogens with zero attached hydrogens (tertiary/aromatic N) is 4. The summed E-state index contributed by atoms with van der Waals surface area (Å²) in [5, 5.41) is 9.41. The molecule has 0 radical (unpaired) electrons. The van der Waals surface area contributed by atoms with E-state index in [2.05, 4.69) is 25.1 Å². The van der Waals surface area contributed by atoms with Crippen LogP contribution in [0.1, 0.15) is 23.7 Å². The molecular formula is C13H17N5O2S2. The summed E-state index contributed by atoms with van der Waals surface area (Å²) in [5.41, 5.74) is 0.596. The largest absolute Gasteiger partial charge is 0.378 e. The number of hydrogen-bond donors (Lipinski definition) is 1. The Morgan fingerprint density at radius 1 is 1.41 bits per heavy atom. The van der Waals surface area contributed by atoms with E-state index in [1.807, 2.05) is 13.8 Å². The van der Waals surface area contributed by atoms with Gasteiger partial charge in [-0.2, -0.15) is 0 Å². The van der Waals surface area contributed by atoms with Gasteiger partial charge in [0.2, 0.25) is 5.13 Å². The highest BCUT2D eigenvalue weighted by molar-refractivity contribution is 8.01. The number of aromatic amines is 1. The lowest BCUT2D eigenvalue weighted by molar-refractivity contribution is 0.122. The zero-order valence-electron chi connectivity index (χ0n) is 12.4. The topological polar surface area (TPSA) is 84.0 Å². The van der Waals surface area contributed by atoms with E-state index in [0.29, 0.717) is 5.82 Å². The SMILES string of the molecule is Cc1cc(=O)[nH]c([C@H](C)Sc2nnc(N3CCOCC3)s2)n1. The van der Waals surface area contributed by atoms with E-state index >= 15 is 0 Å². The highest BCUT2D eigenvalue weighted by atomic mass is 32.2. The third kappa shape index (κ3) is 3.65. The van der Waals surface area contributed by atoms with Gasteiger partial charge in [0.15, 0.2) is 4.34 Å². The number of aryl methyl sites for hydroxylation is 1. The second-order valence-corrected chi connectivity index (χ2v) is 7.53. The van der Waals surface area contributed by atoms with E-state index in [0.717, 1.165) is 41.5 Å². The van der Waals surface area contributed by atoms with Gasteiger partial charge in [-0.25, -0.2) is 4.98 Å². The highest BCUT2D eigenvalue weighted by Gasteiger charge is 2.18. The first kappa shape index (κ1) is 15.4. The molecule has 3 heterocycles. The smallest absolute Gasteiger partial charge is 0.251 e. The average molecular weight is 339 g/mol. The van der Waals surface area contributed by atoms with Crippen molar-refractivity contribution in [1.29, 1.82) is 0 Å². The molecule has 0 spiro atoms. The van der Waals surface area contributed by atoms with Crippen molar-refractivity contribution in [3.63, 3.8) is 0 Å². The summed E-state index contributed by atoms with van der Waals surface area (Å²) < 4.78 is 6.21. The summed E-state index contributed by atoms with van der Waals surface area (Å²) in [6, 6.07) is 1.49. The molecule has 0 amide bonds. The fourth-order valence-electron chi connectivity index (χ4n) is 2.13. The molecule has 1 atom stereocenters. The Bertz CT molecular complexity index is 696. The van der Waals surface area contributed by atoms with Crippen molar-refractivity contribution in [2.45, 2.75) is 23.4 Å². The van der Waals surface area contributed by atoms with Crippen molar-refractivity contribution in [3.05, 3.63) is 27.9 Å². The molecule has 1 saturated heterocycles. The predicted octanol–water partition coefficient (Wildman–Crippen LogP) is 1.62. The zero-order valence-corrected chi connectivity index (χ0v) is 14.0. The molecule has 0 aliphatic carbocycles. The van der Waals surface area contributed by atoms with Crippen LogP contribution in [0.2, 0.25) is 0 Å². The molecule has 9 heteroatoms. The van der Waals surface area contributed by atoms with Crippen molar-refractivity contribution in [3.8, 4) is 0 Å². The summed E-state index contributed by atoms with van der Waals surface area (Å²) >= 11 is 3.12. The van der Waals surface area contributed by atoms with Gasteiger partial charge in [-0.15, -0.1) is 10.2 Å². The van der Waals surface area contributed by atoms with Crippen LogP contribution in [0.3, 0.4) is 0 Å². The monoisotopic (exact) mass is 339 g/mol. The zero-order chi connectivity index (χ0) is 15.5. The first-order valence-corrected chi connectivity index (χ1v) is 8.72. The van der Waals surface area contributed by atoms with Crippen molar-refractivity contribution >= 4 is 28.2 Å². The minimum Gasteiger partial charge on any atom is -0.378 e. The molecule has 1 N–H and O–H groups in total. The maximum atomic E-state index is 11.5. The normalized spacial score (nSPS) is 16.7. The van der Waals surface area contributed by atoms with E-state index in [-0.39, 0.29) is 10.8 Å². The Morgan fingerprint density at radius 2 is 2.18 bits per heavy atom. The number of thioether (sulfide) groups is 1. The van der Waals surface area contributed by atoms with E-state index in [1.165, 1.54) is 6.07 Å². The first-order valence-electron chi connectivity index (χ1n) is 7.02. The summed E-state index contributed by atoms with van der Waals surface area (Å²) in [5.74, 6) is 0.665. The maximum Gasteiger partial charge on any atom is 0.251 e. The molecule has 3 rings (SSSR count). The van der Waals surface area contributed by atoms with Gasteiger partial charge in [0.1, 0.15) is 5.82 Å². The maximum absolute atomic E-state index is 11.5.